The van der Waals surface area contributed by atoms with Crippen LogP contribution in [0.4, 0.5) is 4.79 Å². The van der Waals surface area contributed by atoms with Crippen LogP contribution in [0.2, 0.25) is 0 Å². The van der Waals surface area contributed by atoms with Crippen molar-refractivity contribution < 1.29 is 14.3 Å². The zero-order valence-electron chi connectivity index (χ0n) is 16.5. The highest BCUT2D eigenvalue weighted by molar-refractivity contribution is 5.68. The number of carbonyl (C=O) groups is 1. The second-order valence-electron chi connectivity index (χ2n) is 8.40. The molecule has 0 aromatic rings. The lowest BCUT2D eigenvalue weighted by atomic mass is 10.0. The SMILES string of the molecule is CC(CNC1CCCCCC1NC(=O)OC(C)(C)C)N1CCOCC1. The number of amides is 1. The van der Waals surface area contributed by atoms with Gasteiger partial charge in [0, 0.05) is 37.8 Å². The number of rotatable bonds is 5. The number of hydrogen-bond acceptors (Lipinski definition) is 5. The summed E-state index contributed by atoms with van der Waals surface area (Å²) in [6, 6.07) is 0.946. The van der Waals surface area contributed by atoms with Crippen LogP contribution in [0.15, 0.2) is 0 Å². The molecule has 0 bridgehead atoms. The second kappa shape index (κ2) is 9.74. The average molecular weight is 356 g/mol. The molecule has 25 heavy (non-hydrogen) atoms. The van der Waals surface area contributed by atoms with E-state index in [0.717, 1.165) is 52.1 Å². The molecule has 1 saturated carbocycles. The number of morpholine rings is 1. The highest BCUT2D eigenvalue weighted by atomic mass is 16.6. The molecular weight excluding hydrogens is 318 g/mol. The Morgan fingerprint density at radius 3 is 2.44 bits per heavy atom. The summed E-state index contributed by atoms with van der Waals surface area (Å²) < 4.78 is 10.9. The topological polar surface area (TPSA) is 62.8 Å². The lowest BCUT2D eigenvalue weighted by Gasteiger charge is -2.35. The van der Waals surface area contributed by atoms with Gasteiger partial charge < -0.3 is 20.1 Å². The Balaban J connectivity index is 1.84. The molecular formula is C19H37N3O3. The van der Waals surface area contributed by atoms with Gasteiger partial charge in [-0.25, -0.2) is 4.79 Å². The van der Waals surface area contributed by atoms with E-state index in [1.165, 1.54) is 12.8 Å². The predicted octanol–water partition coefficient (Wildman–Crippen LogP) is 2.52. The molecule has 0 aromatic carbocycles. The molecule has 2 fully saturated rings. The maximum Gasteiger partial charge on any atom is 0.407 e. The summed E-state index contributed by atoms with van der Waals surface area (Å²) >= 11 is 0. The Bertz CT molecular complexity index is 405. The zero-order chi connectivity index (χ0) is 18.3. The molecule has 3 unspecified atom stereocenters. The largest absolute Gasteiger partial charge is 0.444 e. The number of carbonyl (C=O) groups excluding carboxylic acids is 1. The fourth-order valence-corrected chi connectivity index (χ4v) is 3.65. The van der Waals surface area contributed by atoms with E-state index in [4.69, 9.17) is 9.47 Å². The first-order chi connectivity index (χ1) is 11.8. The van der Waals surface area contributed by atoms with Crippen molar-refractivity contribution in [2.45, 2.75) is 83.5 Å². The van der Waals surface area contributed by atoms with E-state index in [2.05, 4.69) is 22.5 Å². The van der Waals surface area contributed by atoms with Crippen LogP contribution in [-0.4, -0.2) is 67.6 Å². The first-order valence-corrected chi connectivity index (χ1v) is 9.90. The predicted molar refractivity (Wildman–Crippen MR) is 99.9 cm³/mol. The summed E-state index contributed by atoms with van der Waals surface area (Å²) in [6.45, 7) is 12.6. The molecule has 0 aromatic heterocycles. The van der Waals surface area contributed by atoms with Crippen LogP contribution in [0.1, 0.15) is 59.8 Å². The van der Waals surface area contributed by atoms with Gasteiger partial charge in [-0.1, -0.05) is 19.3 Å². The Morgan fingerprint density at radius 2 is 1.80 bits per heavy atom. The van der Waals surface area contributed by atoms with Crippen LogP contribution in [0, 0.1) is 0 Å². The first kappa shape index (κ1) is 20.5. The molecule has 0 spiro atoms. The first-order valence-electron chi connectivity index (χ1n) is 9.90. The van der Waals surface area contributed by atoms with Gasteiger partial charge in [0.15, 0.2) is 0 Å². The third-order valence-corrected chi connectivity index (χ3v) is 5.06. The van der Waals surface area contributed by atoms with Gasteiger partial charge in [0.1, 0.15) is 5.60 Å². The van der Waals surface area contributed by atoms with Crippen LogP contribution in [0.25, 0.3) is 0 Å². The van der Waals surface area contributed by atoms with Crippen LogP contribution in [0.5, 0.6) is 0 Å². The molecule has 2 N–H and O–H groups in total. The highest BCUT2D eigenvalue weighted by Crippen LogP contribution is 2.19. The van der Waals surface area contributed by atoms with E-state index in [1.54, 1.807) is 0 Å². The molecule has 6 nitrogen and oxygen atoms in total. The fourth-order valence-electron chi connectivity index (χ4n) is 3.65. The number of alkyl carbamates (subject to hydrolysis) is 1. The van der Waals surface area contributed by atoms with E-state index in [9.17, 15) is 4.79 Å². The van der Waals surface area contributed by atoms with Crippen molar-refractivity contribution in [2.24, 2.45) is 0 Å². The summed E-state index contributed by atoms with van der Waals surface area (Å²) in [4.78, 5) is 14.7. The third-order valence-electron chi connectivity index (χ3n) is 5.06. The van der Waals surface area contributed by atoms with E-state index in [0.29, 0.717) is 12.1 Å². The third kappa shape index (κ3) is 7.50. The molecule has 1 heterocycles. The summed E-state index contributed by atoms with van der Waals surface area (Å²) in [7, 11) is 0. The quantitative estimate of drug-likeness (QED) is 0.742. The zero-order valence-corrected chi connectivity index (χ0v) is 16.5. The van der Waals surface area contributed by atoms with Crippen molar-refractivity contribution in [1.82, 2.24) is 15.5 Å². The minimum Gasteiger partial charge on any atom is -0.444 e. The smallest absolute Gasteiger partial charge is 0.407 e. The monoisotopic (exact) mass is 355 g/mol. The molecule has 2 rings (SSSR count). The van der Waals surface area contributed by atoms with Crippen molar-refractivity contribution in [2.75, 3.05) is 32.8 Å². The highest BCUT2D eigenvalue weighted by Gasteiger charge is 2.28. The molecule has 1 aliphatic heterocycles. The van der Waals surface area contributed by atoms with Gasteiger partial charge in [0.2, 0.25) is 0 Å². The number of nitrogens with zero attached hydrogens (tertiary/aromatic N) is 1. The molecule has 1 amide bonds. The van der Waals surface area contributed by atoms with Crippen LogP contribution < -0.4 is 10.6 Å². The molecule has 3 atom stereocenters. The van der Waals surface area contributed by atoms with Gasteiger partial charge in [0.05, 0.1) is 13.2 Å². The fraction of sp³-hybridized carbons (Fsp3) is 0.947. The van der Waals surface area contributed by atoms with Gasteiger partial charge in [-0.05, 0) is 40.5 Å². The van der Waals surface area contributed by atoms with Crippen LogP contribution >= 0.6 is 0 Å². The summed E-state index contributed by atoms with van der Waals surface area (Å²) in [6.07, 6.45) is 5.45. The Kier molecular flexibility index (Phi) is 7.97. The van der Waals surface area contributed by atoms with Crippen LogP contribution in [-0.2, 0) is 9.47 Å². The summed E-state index contributed by atoms with van der Waals surface area (Å²) in [5, 5.41) is 6.84. The van der Waals surface area contributed by atoms with Crippen molar-refractivity contribution >= 4 is 6.09 Å². The van der Waals surface area contributed by atoms with E-state index in [1.807, 2.05) is 20.8 Å². The van der Waals surface area contributed by atoms with Gasteiger partial charge in [-0.2, -0.15) is 0 Å². The normalized spacial score (nSPS) is 27.4. The van der Waals surface area contributed by atoms with Crippen molar-refractivity contribution in [3.8, 4) is 0 Å². The molecule has 6 heteroatoms. The lowest BCUT2D eigenvalue weighted by Crippen LogP contribution is -2.54. The standard InChI is InChI=1S/C19H37N3O3/c1-15(22-10-12-24-13-11-22)14-20-16-8-6-5-7-9-17(16)21-18(23)25-19(2,3)4/h15-17,20H,5-14H2,1-4H3,(H,21,23). The van der Waals surface area contributed by atoms with Gasteiger partial charge in [-0.15, -0.1) is 0 Å². The summed E-state index contributed by atoms with van der Waals surface area (Å²) in [5.74, 6) is 0. The maximum atomic E-state index is 12.2. The molecule has 2 aliphatic rings. The summed E-state index contributed by atoms with van der Waals surface area (Å²) in [5.41, 5.74) is -0.456. The van der Waals surface area contributed by atoms with E-state index >= 15 is 0 Å². The Hall–Kier alpha value is -0.850. The minimum atomic E-state index is -0.456. The minimum absolute atomic E-state index is 0.147. The lowest BCUT2D eigenvalue weighted by molar-refractivity contribution is 0.0194. The Morgan fingerprint density at radius 1 is 1.16 bits per heavy atom. The van der Waals surface area contributed by atoms with Crippen molar-refractivity contribution in [3.63, 3.8) is 0 Å². The number of nitrogens with one attached hydrogen (secondary N) is 2. The van der Waals surface area contributed by atoms with Gasteiger partial charge >= 0.3 is 6.09 Å². The van der Waals surface area contributed by atoms with Crippen molar-refractivity contribution in [3.05, 3.63) is 0 Å². The average Bonchev–Trinajstić information content (AvgIpc) is 2.77. The Labute approximate surface area is 153 Å². The van der Waals surface area contributed by atoms with Crippen molar-refractivity contribution in [1.29, 1.82) is 0 Å². The number of ether oxygens (including phenoxy) is 2. The number of hydrogen-bond donors (Lipinski definition) is 2. The second-order valence-corrected chi connectivity index (χ2v) is 8.40. The van der Waals surface area contributed by atoms with E-state index in [-0.39, 0.29) is 12.1 Å². The molecule has 1 saturated heterocycles. The maximum absolute atomic E-state index is 12.2. The molecule has 146 valence electrons. The van der Waals surface area contributed by atoms with Gasteiger partial charge in [-0.3, -0.25) is 4.90 Å². The van der Waals surface area contributed by atoms with E-state index < -0.39 is 5.60 Å². The molecule has 0 radical (unpaired) electrons. The van der Waals surface area contributed by atoms with Gasteiger partial charge in [0.25, 0.3) is 0 Å². The molecule has 1 aliphatic carbocycles. The van der Waals surface area contributed by atoms with Crippen LogP contribution in [0.3, 0.4) is 0 Å².